The zero-order valence-corrected chi connectivity index (χ0v) is 14.6. The molecule has 2 aromatic heterocycles. The molecule has 1 atom stereocenters. The second-order valence-electron chi connectivity index (χ2n) is 5.93. The summed E-state index contributed by atoms with van der Waals surface area (Å²) >= 11 is 1.61. The van der Waals surface area contributed by atoms with E-state index in [1.807, 2.05) is 24.3 Å². The SMILES string of the molecule is CN(C)C(=O)c1ccc(CNCC(O)c2cc3ccccc3s2)[nH]1. The van der Waals surface area contributed by atoms with Crippen LogP contribution < -0.4 is 5.32 Å². The number of fused-ring (bicyclic) bond motifs is 1. The van der Waals surface area contributed by atoms with Crippen molar-refractivity contribution in [3.63, 3.8) is 0 Å². The van der Waals surface area contributed by atoms with Crippen molar-refractivity contribution in [1.82, 2.24) is 15.2 Å². The van der Waals surface area contributed by atoms with Gasteiger partial charge in [0.1, 0.15) is 11.8 Å². The number of hydrogen-bond donors (Lipinski definition) is 3. The van der Waals surface area contributed by atoms with Crippen molar-refractivity contribution in [3.8, 4) is 0 Å². The number of amides is 1. The summed E-state index contributed by atoms with van der Waals surface area (Å²) in [6, 6.07) is 13.8. The molecular weight excluding hydrogens is 322 g/mol. The van der Waals surface area contributed by atoms with Crippen LogP contribution in [0, 0.1) is 0 Å². The molecule has 0 aliphatic rings. The van der Waals surface area contributed by atoms with E-state index in [1.54, 1.807) is 31.5 Å². The summed E-state index contributed by atoms with van der Waals surface area (Å²) in [7, 11) is 3.45. The van der Waals surface area contributed by atoms with E-state index >= 15 is 0 Å². The van der Waals surface area contributed by atoms with Crippen LogP contribution in [-0.2, 0) is 6.54 Å². The van der Waals surface area contributed by atoms with E-state index < -0.39 is 6.10 Å². The van der Waals surface area contributed by atoms with Gasteiger partial charge in [-0.05, 0) is 29.7 Å². The Labute approximate surface area is 144 Å². The fourth-order valence-electron chi connectivity index (χ4n) is 2.52. The van der Waals surface area contributed by atoms with Gasteiger partial charge in [-0.3, -0.25) is 4.79 Å². The van der Waals surface area contributed by atoms with Crippen LogP contribution in [0.5, 0.6) is 0 Å². The molecular formula is C18H21N3O2S. The molecule has 0 fully saturated rings. The highest BCUT2D eigenvalue weighted by Crippen LogP contribution is 2.29. The van der Waals surface area contributed by atoms with E-state index in [9.17, 15) is 9.90 Å². The second kappa shape index (κ2) is 7.17. The topological polar surface area (TPSA) is 68.4 Å². The fourth-order valence-corrected chi connectivity index (χ4v) is 3.57. The molecule has 3 aromatic rings. The van der Waals surface area contributed by atoms with Crippen molar-refractivity contribution in [1.29, 1.82) is 0 Å². The van der Waals surface area contributed by atoms with Crippen LogP contribution in [0.4, 0.5) is 0 Å². The first kappa shape index (κ1) is 16.7. The minimum atomic E-state index is -0.541. The van der Waals surface area contributed by atoms with Crippen LogP contribution in [0.25, 0.3) is 10.1 Å². The maximum absolute atomic E-state index is 11.8. The van der Waals surface area contributed by atoms with Crippen molar-refractivity contribution in [2.24, 2.45) is 0 Å². The van der Waals surface area contributed by atoms with Crippen LogP contribution in [0.15, 0.2) is 42.5 Å². The van der Waals surface area contributed by atoms with Crippen molar-refractivity contribution in [2.75, 3.05) is 20.6 Å². The highest BCUT2D eigenvalue weighted by atomic mass is 32.1. The lowest BCUT2D eigenvalue weighted by molar-refractivity contribution is 0.0822. The maximum atomic E-state index is 11.8. The number of thiophene rings is 1. The number of carbonyl (C=O) groups excluding carboxylic acids is 1. The summed E-state index contributed by atoms with van der Waals surface area (Å²) in [5.41, 5.74) is 1.49. The van der Waals surface area contributed by atoms with Crippen LogP contribution in [-0.4, -0.2) is 41.5 Å². The molecule has 0 spiro atoms. The van der Waals surface area contributed by atoms with Crippen molar-refractivity contribution in [2.45, 2.75) is 12.6 Å². The van der Waals surface area contributed by atoms with Crippen LogP contribution in [0.1, 0.15) is 27.2 Å². The lowest BCUT2D eigenvalue weighted by atomic mass is 10.2. The first-order valence-corrected chi connectivity index (χ1v) is 8.63. The predicted molar refractivity (Wildman–Crippen MR) is 97.3 cm³/mol. The molecule has 0 bridgehead atoms. The van der Waals surface area contributed by atoms with E-state index in [1.165, 1.54) is 9.60 Å². The lowest BCUT2D eigenvalue weighted by Gasteiger charge is -2.10. The number of benzene rings is 1. The number of aromatic nitrogens is 1. The second-order valence-corrected chi connectivity index (χ2v) is 7.05. The standard InChI is InChI=1S/C18H21N3O2S/c1-21(2)18(23)14-8-7-13(20-14)10-19-11-15(22)17-9-12-5-3-4-6-16(12)24-17/h3-9,15,19-20,22H,10-11H2,1-2H3. The molecule has 0 saturated carbocycles. The zero-order chi connectivity index (χ0) is 17.1. The number of nitrogens with one attached hydrogen (secondary N) is 2. The maximum Gasteiger partial charge on any atom is 0.269 e. The molecule has 1 unspecified atom stereocenters. The third kappa shape index (κ3) is 3.67. The molecule has 2 heterocycles. The molecule has 0 saturated heterocycles. The molecule has 0 aliphatic carbocycles. The minimum Gasteiger partial charge on any atom is -0.386 e. The van der Waals surface area contributed by atoms with Gasteiger partial charge in [0.15, 0.2) is 0 Å². The van der Waals surface area contributed by atoms with Gasteiger partial charge in [-0.1, -0.05) is 18.2 Å². The van der Waals surface area contributed by atoms with Gasteiger partial charge in [0, 0.05) is 42.5 Å². The number of hydrogen-bond acceptors (Lipinski definition) is 4. The predicted octanol–water partition coefficient (Wildman–Crippen LogP) is 2.75. The number of aliphatic hydroxyl groups excluding tert-OH is 1. The average Bonchev–Trinajstić information content (AvgIpc) is 3.20. The summed E-state index contributed by atoms with van der Waals surface area (Å²) in [5.74, 6) is -0.0495. The van der Waals surface area contributed by atoms with Gasteiger partial charge >= 0.3 is 0 Å². The van der Waals surface area contributed by atoms with Gasteiger partial charge in [0.25, 0.3) is 5.91 Å². The molecule has 24 heavy (non-hydrogen) atoms. The molecule has 0 aliphatic heterocycles. The van der Waals surface area contributed by atoms with Crippen LogP contribution in [0.3, 0.4) is 0 Å². The van der Waals surface area contributed by atoms with Gasteiger partial charge in [0.2, 0.25) is 0 Å². The van der Waals surface area contributed by atoms with Crippen molar-refractivity contribution in [3.05, 3.63) is 58.7 Å². The Kier molecular flexibility index (Phi) is 4.99. The van der Waals surface area contributed by atoms with E-state index in [0.717, 1.165) is 16.0 Å². The molecule has 0 radical (unpaired) electrons. The number of aromatic amines is 1. The van der Waals surface area contributed by atoms with Gasteiger partial charge in [-0.15, -0.1) is 11.3 Å². The summed E-state index contributed by atoms with van der Waals surface area (Å²) in [4.78, 5) is 17.4. The first-order valence-electron chi connectivity index (χ1n) is 7.81. The number of rotatable bonds is 6. The van der Waals surface area contributed by atoms with Gasteiger partial charge in [0.05, 0.1) is 0 Å². The highest BCUT2D eigenvalue weighted by Gasteiger charge is 2.12. The summed E-state index contributed by atoms with van der Waals surface area (Å²) in [5, 5.41) is 14.7. The summed E-state index contributed by atoms with van der Waals surface area (Å²) in [6.07, 6.45) is -0.541. The Bertz CT molecular complexity index is 805. The molecule has 126 valence electrons. The molecule has 5 nitrogen and oxygen atoms in total. The van der Waals surface area contributed by atoms with E-state index in [4.69, 9.17) is 0 Å². The van der Waals surface area contributed by atoms with Crippen molar-refractivity contribution >= 4 is 27.3 Å². The quantitative estimate of drug-likeness (QED) is 0.645. The van der Waals surface area contributed by atoms with Crippen molar-refractivity contribution < 1.29 is 9.90 Å². The first-order chi connectivity index (χ1) is 11.5. The fraction of sp³-hybridized carbons (Fsp3) is 0.278. The zero-order valence-electron chi connectivity index (χ0n) is 13.7. The Morgan fingerprint density at radius 2 is 2.08 bits per heavy atom. The molecule has 1 aromatic carbocycles. The molecule has 1 amide bonds. The molecule has 3 rings (SSSR count). The normalized spacial score (nSPS) is 12.5. The number of H-pyrrole nitrogens is 1. The van der Waals surface area contributed by atoms with E-state index in [2.05, 4.69) is 22.4 Å². The van der Waals surface area contributed by atoms with Crippen LogP contribution in [0.2, 0.25) is 0 Å². The number of nitrogens with zero attached hydrogens (tertiary/aromatic N) is 1. The largest absolute Gasteiger partial charge is 0.386 e. The van der Waals surface area contributed by atoms with Crippen LogP contribution >= 0.6 is 11.3 Å². The third-order valence-electron chi connectivity index (χ3n) is 3.81. The lowest BCUT2D eigenvalue weighted by Crippen LogP contribution is -2.23. The Balaban J connectivity index is 1.55. The van der Waals surface area contributed by atoms with E-state index in [0.29, 0.717) is 18.8 Å². The average molecular weight is 343 g/mol. The highest BCUT2D eigenvalue weighted by molar-refractivity contribution is 7.19. The minimum absolute atomic E-state index is 0.0495. The smallest absolute Gasteiger partial charge is 0.269 e. The van der Waals surface area contributed by atoms with E-state index in [-0.39, 0.29) is 5.91 Å². The monoisotopic (exact) mass is 343 g/mol. The molecule has 6 heteroatoms. The summed E-state index contributed by atoms with van der Waals surface area (Å²) in [6.45, 7) is 1.03. The molecule has 3 N–H and O–H groups in total. The van der Waals surface area contributed by atoms with Gasteiger partial charge < -0.3 is 20.3 Å². The van der Waals surface area contributed by atoms with Gasteiger partial charge in [-0.2, -0.15) is 0 Å². The summed E-state index contributed by atoms with van der Waals surface area (Å²) < 4.78 is 1.18. The third-order valence-corrected chi connectivity index (χ3v) is 5.03. The van der Waals surface area contributed by atoms with Gasteiger partial charge in [-0.25, -0.2) is 0 Å². The number of carbonyl (C=O) groups is 1. The number of aliphatic hydroxyl groups is 1. The Morgan fingerprint density at radius 1 is 1.29 bits per heavy atom. The Morgan fingerprint density at radius 3 is 2.83 bits per heavy atom. The Hall–Kier alpha value is -2.15.